The van der Waals surface area contributed by atoms with E-state index in [0.29, 0.717) is 12.1 Å². The van der Waals surface area contributed by atoms with Crippen LogP contribution in [-0.2, 0) is 0 Å². The highest BCUT2D eigenvalue weighted by Crippen LogP contribution is 2.15. The first kappa shape index (κ1) is 15.0. The Hall–Kier alpha value is -2.05. The molecule has 1 aromatic carbocycles. The molecule has 0 saturated carbocycles. The van der Waals surface area contributed by atoms with Crippen LogP contribution in [-0.4, -0.2) is 23.0 Å². The molecule has 2 N–H and O–H groups in total. The zero-order valence-electron chi connectivity index (χ0n) is 10.0. The van der Waals surface area contributed by atoms with Crippen LogP contribution >= 0.6 is 0 Å². The fourth-order valence-corrected chi connectivity index (χ4v) is 1.49. The van der Waals surface area contributed by atoms with Crippen LogP contribution in [0.2, 0.25) is 0 Å². The first-order valence-corrected chi connectivity index (χ1v) is 5.48. The molecule has 4 nitrogen and oxygen atoms in total. The third kappa shape index (κ3) is 4.27. The molecule has 0 aliphatic carbocycles. The molecule has 0 aliphatic rings. The van der Waals surface area contributed by atoms with Crippen molar-refractivity contribution in [3.8, 4) is 0 Å². The van der Waals surface area contributed by atoms with Gasteiger partial charge in [-0.1, -0.05) is 0 Å². The van der Waals surface area contributed by atoms with Gasteiger partial charge in [0.25, 0.3) is 0 Å². The summed E-state index contributed by atoms with van der Waals surface area (Å²) in [6.45, 7) is 1.55. The lowest BCUT2D eigenvalue weighted by Gasteiger charge is -2.10. The number of hydrogen-bond acceptors (Lipinski definition) is 2. The van der Waals surface area contributed by atoms with Gasteiger partial charge in [-0.05, 0) is 25.5 Å². The van der Waals surface area contributed by atoms with Gasteiger partial charge < -0.3 is 10.4 Å². The number of hydrogen-bond donors (Lipinski definition) is 2. The summed E-state index contributed by atoms with van der Waals surface area (Å²) in [5.74, 6) is -5.07. The summed E-state index contributed by atoms with van der Waals surface area (Å²) >= 11 is 0. The van der Waals surface area contributed by atoms with Crippen LogP contribution in [0.4, 0.5) is 18.0 Å². The number of carboxylic acid groups (broad SMARTS) is 1. The van der Waals surface area contributed by atoms with E-state index in [2.05, 4.69) is 5.32 Å². The highest BCUT2D eigenvalue weighted by molar-refractivity contribution is 5.96. The van der Waals surface area contributed by atoms with Gasteiger partial charge in [-0.2, -0.15) is 0 Å². The normalized spacial score (nSPS) is 12.0. The second-order valence-electron chi connectivity index (χ2n) is 4.07. The van der Waals surface area contributed by atoms with Crippen LogP contribution in [0.15, 0.2) is 12.1 Å². The first-order valence-electron chi connectivity index (χ1n) is 5.48. The molecular weight excluding hydrogens is 263 g/mol. The molecule has 19 heavy (non-hydrogen) atoms. The number of halogens is 3. The van der Waals surface area contributed by atoms with E-state index in [1.165, 1.54) is 0 Å². The maximum Gasteiger partial charge on any atom is 0.404 e. The summed E-state index contributed by atoms with van der Waals surface area (Å²) in [7, 11) is 0. The van der Waals surface area contributed by atoms with E-state index < -0.39 is 35.4 Å². The smallest absolute Gasteiger partial charge is 0.404 e. The van der Waals surface area contributed by atoms with Crippen LogP contribution in [0.5, 0.6) is 0 Å². The highest BCUT2D eigenvalue weighted by Gasteiger charge is 2.16. The predicted molar refractivity (Wildman–Crippen MR) is 60.5 cm³/mol. The van der Waals surface area contributed by atoms with E-state index in [9.17, 15) is 22.8 Å². The van der Waals surface area contributed by atoms with Crippen LogP contribution in [0.3, 0.4) is 0 Å². The lowest BCUT2D eigenvalue weighted by atomic mass is 10.0. The molecule has 1 aromatic rings. The van der Waals surface area contributed by atoms with Gasteiger partial charge in [-0.25, -0.2) is 18.0 Å². The maximum atomic E-state index is 12.9. The molecule has 1 amide bonds. The minimum atomic E-state index is -1.63. The minimum absolute atomic E-state index is 0.105. The lowest BCUT2D eigenvalue weighted by Crippen LogP contribution is -2.31. The Balaban J connectivity index is 2.66. The topological polar surface area (TPSA) is 66.4 Å². The molecule has 0 unspecified atom stereocenters. The van der Waals surface area contributed by atoms with Gasteiger partial charge >= 0.3 is 6.09 Å². The Morgan fingerprint density at radius 1 is 1.26 bits per heavy atom. The third-order valence-corrected chi connectivity index (χ3v) is 2.48. The number of nitrogens with one attached hydrogen (secondary N) is 1. The molecule has 0 spiro atoms. The number of ketones is 1. The summed E-state index contributed by atoms with van der Waals surface area (Å²) in [5.41, 5.74) is -0.279. The number of amides is 1. The SMILES string of the molecule is C[C@@H](CCC(=O)c1cc(F)c(F)c(F)c1)NC(=O)O. The van der Waals surface area contributed by atoms with Crippen molar-refractivity contribution >= 4 is 11.9 Å². The molecule has 0 aliphatic heterocycles. The molecule has 0 heterocycles. The third-order valence-electron chi connectivity index (χ3n) is 2.48. The fraction of sp³-hybridized carbons (Fsp3) is 0.333. The Morgan fingerprint density at radius 2 is 1.79 bits per heavy atom. The summed E-state index contributed by atoms with van der Waals surface area (Å²) < 4.78 is 38.5. The molecule has 0 radical (unpaired) electrons. The minimum Gasteiger partial charge on any atom is -0.465 e. The largest absolute Gasteiger partial charge is 0.465 e. The molecular formula is C12H12F3NO3. The molecule has 1 atom stereocenters. The van der Waals surface area contributed by atoms with Gasteiger partial charge in [0.05, 0.1) is 0 Å². The van der Waals surface area contributed by atoms with Gasteiger partial charge in [-0.15, -0.1) is 0 Å². The lowest BCUT2D eigenvalue weighted by molar-refractivity contribution is 0.0974. The van der Waals surface area contributed by atoms with Crippen LogP contribution in [0.25, 0.3) is 0 Å². The average molecular weight is 275 g/mol. The van der Waals surface area contributed by atoms with Crippen molar-refractivity contribution in [2.24, 2.45) is 0 Å². The van der Waals surface area contributed by atoms with Crippen LogP contribution in [0.1, 0.15) is 30.1 Å². The van der Waals surface area contributed by atoms with Crippen molar-refractivity contribution in [3.63, 3.8) is 0 Å². The molecule has 1 rings (SSSR count). The van der Waals surface area contributed by atoms with Crippen molar-refractivity contribution in [2.75, 3.05) is 0 Å². The van der Waals surface area contributed by atoms with Crippen molar-refractivity contribution in [1.29, 1.82) is 0 Å². The van der Waals surface area contributed by atoms with Crippen molar-refractivity contribution in [2.45, 2.75) is 25.8 Å². The van der Waals surface area contributed by atoms with E-state index in [1.54, 1.807) is 6.92 Å². The Kier molecular flexibility index (Phi) is 4.91. The quantitative estimate of drug-likeness (QED) is 0.641. The fourth-order valence-electron chi connectivity index (χ4n) is 1.49. The maximum absolute atomic E-state index is 12.9. The van der Waals surface area contributed by atoms with Crippen molar-refractivity contribution in [3.05, 3.63) is 35.1 Å². The van der Waals surface area contributed by atoms with Crippen LogP contribution in [0, 0.1) is 17.5 Å². The van der Waals surface area contributed by atoms with Crippen LogP contribution < -0.4 is 5.32 Å². The summed E-state index contributed by atoms with van der Waals surface area (Å²) in [6, 6.07) is 0.767. The number of Topliss-reactive ketones (excluding diaryl/α,β-unsaturated/α-hetero) is 1. The van der Waals surface area contributed by atoms with Gasteiger partial charge in [0.15, 0.2) is 23.2 Å². The van der Waals surface area contributed by atoms with Gasteiger partial charge in [0, 0.05) is 18.0 Å². The number of carbonyl (C=O) groups excluding carboxylic acids is 1. The molecule has 0 saturated heterocycles. The van der Waals surface area contributed by atoms with E-state index in [4.69, 9.17) is 5.11 Å². The molecule has 104 valence electrons. The Bertz CT molecular complexity index is 482. The number of benzene rings is 1. The summed E-state index contributed by atoms with van der Waals surface area (Å²) in [6.07, 6.45) is -1.16. The average Bonchev–Trinajstić information content (AvgIpc) is 2.31. The van der Waals surface area contributed by atoms with Gasteiger partial charge in [0.2, 0.25) is 0 Å². The van der Waals surface area contributed by atoms with E-state index in [0.717, 1.165) is 0 Å². The summed E-state index contributed by atoms with van der Waals surface area (Å²) in [4.78, 5) is 21.9. The highest BCUT2D eigenvalue weighted by atomic mass is 19.2. The number of rotatable bonds is 5. The van der Waals surface area contributed by atoms with Crippen molar-refractivity contribution < 1.29 is 27.9 Å². The van der Waals surface area contributed by atoms with E-state index >= 15 is 0 Å². The van der Waals surface area contributed by atoms with E-state index in [-0.39, 0.29) is 18.4 Å². The molecule has 7 heteroatoms. The molecule has 0 bridgehead atoms. The van der Waals surface area contributed by atoms with Gasteiger partial charge in [-0.3, -0.25) is 4.79 Å². The van der Waals surface area contributed by atoms with E-state index in [1.807, 2.05) is 0 Å². The second-order valence-corrected chi connectivity index (χ2v) is 4.07. The predicted octanol–water partition coefficient (Wildman–Crippen LogP) is 2.72. The standard InChI is InChI=1S/C12H12F3NO3/c1-6(16-12(18)19)2-3-10(17)7-4-8(13)11(15)9(14)5-7/h4-6,16H,2-3H2,1H3,(H,18,19)/t6-/m0/s1. The zero-order valence-corrected chi connectivity index (χ0v) is 10.0. The Morgan fingerprint density at radius 3 is 2.26 bits per heavy atom. The van der Waals surface area contributed by atoms with Gasteiger partial charge in [0.1, 0.15) is 0 Å². The Labute approximate surface area is 107 Å². The number of carbonyl (C=O) groups is 2. The summed E-state index contributed by atoms with van der Waals surface area (Å²) in [5, 5.41) is 10.6. The first-order chi connectivity index (χ1) is 8.81. The zero-order chi connectivity index (χ0) is 14.6. The van der Waals surface area contributed by atoms with Crippen molar-refractivity contribution in [1.82, 2.24) is 5.32 Å². The monoisotopic (exact) mass is 275 g/mol. The molecule has 0 fully saturated rings. The second kappa shape index (κ2) is 6.21. The molecule has 0 aromatic heterocycles.